The summed E-state index contributed by atoms with van der Waals surface area (Å²) < 4.78 is 10.4. The van der Waals surface area contributed by atoms with Crippen LogP contribution in [-0.4, -0.2) is 38.0 Å². The lowest BCUT2D eigenvalue weighted by Crippen LogP contribution is -2.30. The number of hydrogen-bond donors (Lipinski definition) is 3. The number of rotatable bonds is 3. The van der Waals surface area contributed by atoms with E-state index in [1.807, 2.05) is 37.3 Å². The van der Waals surface area contributed by atoms with E-state index in [1.54, 1.807) is 12.1 Å². The highest BCUT2D eigenvalue weighted by Crippen LogP contribution is 2.26. The summed E-state index contributed by atoms with van der Waals surface area (Å²) >= 11 is 0. The maximum absolute atomic E-state index is 9.84. The lowest BCUT2D eigenvalue weighted by Gasteiger charge is -2.10. The maximum atomic E-state index is 9.84. The molecule has 0 aromatic heterocycles. The molecule has 1 fully saturated rings. The van der Waals surface area contributed by atoms with Crippen molar-refractivity contribution in [2.75, 3.05) is 38.6 Å². The van der Waals surface area contributed by atoms with E-state index in [4.69, 9.17) is 15.2 Å². The highest BCUT2D eigenvalue weighted by Gasteiger charge is 2.02. The molecule has 5 nitrogen and oxygen atoms in total. The molecule has 1 heterocycles. The summed E-state index contributed by atoms with van der Waals surface area (Å²) in [5, 5.41) is 13.0. The van der Waals surface area contributed by atoms with Crippen molar-refractivity contribution in [3.05, 3.63) is 53.6 Å². The molecule has 1 saturated heterocycles. The molecule has 0 bridgehead atoms. The number of hydrogen-bond acceptors (Lipinski definition) is 5. The third-order valence-electron chi connectivity index (χ3n) is 3.53. The van der Waals surface area contributed by atoms with Gasteiger partial charge in [0.25, 0.3) is 0 Å². The van der Waals surface area contributed by atoms with Crippen molar-refractivity contribution in [3.63, 3.8) is 0 Å². The van der Waals surface area contributed by atoms with Crippen molar-refractivity contribution in [2.24, 2.45) is 0 Å². The van der Waals surface area contributed by atoms with Crippen LogP contribution in [-0.2, 0) is 4.74 Å². The first-order valence-electron chi connectivity index (χ1n) is 8.81. The second kappa shape index (κ2) is 11.0. The second-order valence-electron chi connectivity index (χ2n) is 5.77. The first-order valence-corrected chi connectivity index (χ1v) is 8.81. The average Bonchev–Trinajstić information content (AvgIpc) is 2.69. The number of nitrogen functional groups attached to an aromatic ring is 1. The van der Waals surface area contributed by atoms with E-state index in [0.29, 0.717) is 18.0 Å². The van der Waals surface area contributed by atoms with Crippen LogP contribution in [0.3, 0.4) is 0 Å². The summed E-state index contributed by atoms with van der Waals surface area (Å²) in [6, 6.07) is 12.5. The molecule has 0 atom stereocenters. The Morgan fingerprint density at radius 1 is 1.08 bits per heavy atom. The molecule has 2 aromatic carbocycles. The van der Waals surface area contributed by atoms with E-state index in [0.717, 1.165) is 43.9 Å². The smallest absolute Gasteiger partial charge is 0.160 e. The molecule has 2 aromatic rings. The molecule has 0 unspecified atom stereocenters. The van der Waals surface area contributed by atoms with Gasteiger partial charge < -0.3 is 25.6 Å². The highest BCUT2D eigenvalue weighted by molar-refractivity contribution is 5.51. The Labute approximate surface area is 155 Å². The van der Waals surface area contributed by atoms with Gasteiger partial charge in [-0.1, -0.05) is 18.8 Å². The van der Waals surface area contributed by atoms with Crippen LogP contribution in [0.1, 0.15) is 24.5 Å². The van der Waals surface area contributed by atoms with Gasteiger partial charge in [-0.2, -0.15) is 0 Å². The molecular weight excluding hydrogens is 328 g/mol. The van der Waals surface area contributed by atoms with Gasteiger partial charge in [0.15, 0.2) is 11.5 Å². The molecule has 0 radical (unpaired) electrons. The first-order chi connectivity index (χ1) is 12.7. The minimum absolute atomic E-state index is 0.113. The Kier molecular flexibility index (Phi) is 8.34. The van der Waals surface area contributed by atoms with Crippen LogP contribution < -0.4 is 15.8 Å². The standard InChI is InChI=1S/C17H17NO2.C4H9NO/c1-2-11-20-17-10-7-14(12-16(17)19)4-3-13-5-8-15(18)9-6-13;1-3-6-4-2-5-1/h5-10,12,19H,2,11,18H2,1H3;5H,1-4H2. The van der Waals surface area contributed by atoms with Gasteiger partial charge in [0.1, 0.15) is 0 Å². The SMILES string of the molecule is C1COCCN1.CCCOc1ccc(C#Cc2ccc(N)cc2)cc1O. The van der Waals surface area contributed by atoms with Gasteiger partial charge in [0.2, 0.25) is 0 Å². The number of nitrogens with two attached hydrogens (primary N) is 1. The normalized spacial score (nSPS) is 13.0. The molecule has 4 N–H and O–H groups in total. The molecule has 3 rings (SSSR count). The van der Waals surface area contributed by atoms with E-state index in [1.165, 1.54) is 0 Å². The fourth-order valence-electron chi connectivity index (χ4n) is 2.16. The zero-order valence-corrected chi connectivity index (χ0v) is 15.1. The van der Waals surface area contributed by atoms with Crippen LogP contribution in [0.15, 0.2) is 42.5 Å². The number of phenolic OH excluding ortho intramolecular Hbond substituents is 1. The predicted octanol–water partition coefficient (Wildman–Crippen LogP) is 2.77. The van der Waals surface area contributed by atoms with Crippen LogP contribution in [0.2, 0.25) is 0 Å². The Morgan fingerprint density at radius 2 is 1.73 bits per heavy atom. The van der Waals surface area contributed by atoms with Gasteiger partial charge >= 0.3 is 0 Å². The van der Waals surface area contributed by atoms with E-state index < -0.39 is 0 Å². The van der Waals surface area contributed by atoms with Crippen LogP contribution >= 0.6 is 0 Å². The molecule has 26 heavy (non-hydrogen) atoms. The lowest BCUT2D eigenvalue weighted by molar-refractivity contribution is 0.109. The van der Waals surface area contributed by atoms with Crippen LogP contribution in [0.4, 0.5) is 5.69 Å². The Morgan fingerprint density at radius 3 is 2.27 bits per heavy atom. The summed E-state index contributed by atoms with van der Waals surface area (Å²) in [4.78, 5) is 0. The molecule has 1 aliphatic heterocycles. The van der Waals surface area contributed by atoms with E-state index in [-0.39, 0.29) is 5.75 Å². The minimum atomic E-state index is 0.113. The quantitative estimate of drug-likeness (QED) is 0.584. The van der Waals surface area contributed by atoms with Gasteiger partial charge in [0, 0.05) is 29.9 Å². The largest absolute Gasteiger partial charge is 0.504 e. The highest BCUT2D eigenvalue weighted by atomic mass is 16.5. The number of ether oxygens (including phenoxy) is 2. The van der Waals surface area contributed by atoms with Gasteiger partial charge in [-0.05, 0) is 48.9 Å². The number of benzene rings is 2. The molecule has 1 aliphatic rings. The van der Waals surface area contributed by atoms with E-state index in [2.05, 4.69) is 17.2 Å². The fourth-order valence-corrected chi connectivity index (χ4v) is 2.16. The fraction of sp³-hybridized carbons (Fsp3) is 0.333. The van der Waals surface area contributed by atoms with E-state index in [9.17, 15) is 5.11 Å². The minimum Gasteiger partial charge on any atom is -0.504 e. The maximum Gasteiger partial charge on any atom is 0.160 e. The monoisotopic (exact) mass is 354 g/mol. The van der Waals surface area contributed by atoms with Gasteiger partial charge in [-0.25, -0.2) is 0 Å². The van der Waals surface area contributed by atoms with Gasteiger partial charge in [-0.3, -0.25) is 0 Å². The number of anilines is 1. The molecule has 0 aliphatic carbocycles. The van der Waals surface area contributed by atoms with Crippen LogP contribution in [0, 0.1) is 11.8 Å². The third-order valence-corrected chi connectivity index (χ3v) is 3.53. The van der Waals surface area contributed by atoms with Crippen LogP contribution in [0.5, 0.6) is 11.5 Å². The van der Waals surface area contributed by atoms with Gasteiger partial charge in [0.05, 0.1) is 19.8 Å². The Hall–Kier alpha value is -2.68. The van der Waals surface area contributed by atoms with Crippen molar-refractivity contribution in [1.29, 1.82) is 0 Å². The molecule has 138 valence electrons. The average molecular weight is 354 g/mol. The Balaban J connectivity index is 0.000000342. The summed E-state index contributed by atoms with van der Waals surface area (Å²) in [5.41, 5.74) is 7.95. The molecule has 0 amide bonds. The van der Waals surface area contributed by atoms with Crippen molar-refractivity contribution >= 4 is 5.69 Å². The van der Waals surface area contributed by atoms with E-state index >= 15 is 0 Å². The molecular formula is C21H26N2O3. The second-order valence-corrected chi connectivity index (χ2v) is 5.77. The van der Waals surface area contributed by atoms with Crippen molar-refractivity contribution in [2.45, 2.75) is 13.3 Å². The zero-order chi connectivity index (χ0) is 18.6. The van der Waals surface area contributed by atoms with Crippen molar-refractivity contribution in [1.82, 2.24) is 5.32 Å². The van der Waals surface area contributed by atoms with Crippen molar-refractivity contribution < 1.29 is 14.6 Å². The molecule has 5 heteroatoms. The topological polar surface area (TPSA) is 76.7 Å². The predicted molar refractivity (Wildman–Crippen MR) is 104 cm³/mol. The third kappa shape index (κ3) is 7.06. The summed E-state index contributed by atoms with van der Waals surface area (Å²) in [6.07, 6.45) is 0.901. The molecule has 0 saturated carbocycles. The molecule has 0 spiro atoms. The number of aromatic hydroxyl groups is 1. The van der Waals surface area contributed by atoms with Crippen molar-refractivity contribution in [3.8, 4) is 23.3 Å². The zero-order valence-electron chi connectivity index (χ0n) is 15.1. The van der Waals surface area contributed by atoms with Gasteiger partial charge in [-0.15, -0.1) is 0 Å². The van der Waals surface area contributed by atoms with Crippen LogP contribution in [0.25, 0.3) is 0 Å². The summed E-state index contributed by atoms with van der Waals surface area (Å²) in [5.74, 6) is 6.62. The Bertz CT molecular complexity index is 718. The summed E-state index contributed by atoms with van der Waals surface area (Å²) in [6.45, 7) is 6.44. The lowest BCUT2D eigenvalue weighted by atomic mass is 10.1. The number of nitrogens with one attached hydrogen (secondary N) is 1. The number of morpholine rings is 1. The number of phenols is 1. The summed E-state index contributed by atoms with van der Waals surface area (Å²) in [7, 11) is 0. The first kappa shape index (κ1) is 19.6.